The SMILES string of the molecule is CC(N)CCCC(=O)N[C@@H](C)c1ccc(F)cc1. The van der Waals surface area contributed by atoms with Crippen LogP contribution in [0.3, 0.4) is 0 Å². The molecule has 0 saturated carbocycles. The van der Waals surface area contributed by atoms with Gasteiger partial charge in [0.15, 0.2) is 0 Å². The molecule has 0 saturated heterocycles. The number of nitrogens with two attached hydrogens (primary N) is 1. The number of rotatable bonds is 6. The number of carbonyl (C=O) groups excluding carboxylic acids is 1. The third-order valence-electron chi connectivity index (χ3n) is 2.81. The number of halogens is 1. The Kier molecular flexibility index (Phi) is 5.78. The summed E-state index contributed by atoms with van der Waals surface area (Å²) in [5.41, 5.74) is 6.52. The summed E-state index contributed by atoms with van der Waals surface area (Å²) in [5.74, 6) is -0.262. The van der Waals surface area contributed by atoms with E-state index in [9.17, 15) is 9.18 Å². The van der Waals surface area contributed by atoms with Gasteiger partial charge in [-0.25, -0.2) is 4.39 Å². The fourth-order valence-electron chi connectivity index (χ4n) is 1.73. The van der Waals surface area contributed by atoms with Gasteiger partial charge >= 0.3 is 0 Å². The van der Waals surface area contributed by atoms with E-state index in [4.69, 9.17) is 5.73 Å². The van der Waals surface area contributed by atoms with Crippen LogP contribution < -0.4 is 11.1 Å². The topological polar surface area (TPSA) is 55.1 Å². The molecule has 3 nitrogen and oxygen atoms in total. The maximum Gasteiger partial charge on any atom is 0.220 e. The number of amides is 1. The van der Waals surface area contributed by atoms with E-state index in [0.717, 1.165) is 18.4 Å². The van der Waals surface area contributed by atoms with Gasteiger partial charge < -0.3 is 11.1 Å². The second kappa shape index (κ2) is 7.11. The van der Waals surface area contributed by atoms with Gasteiger partial charge in [0, 0.05) is 12.5 Å². The number of hydrogen-bond donors (Lipinski definition) is 2. The van der Waals surface area contributed by atoms with Crippen molar-refractivity contribution in [3.63, 3.8) is 0 Å². The molecule has 3 N–H and O–H groups in total. The lowest BCUT2D eigenvalue weighted by molar-refractivity contribution is -0.121. The molecule has 4 heteroatoms. The van der Waals surface area contributed by atoms with E-state index in [-0.39, 0.29) is 23.8 Å². The second-order valence-corrected chi connectivity index (χ2v) is 4.71. The minimum atomic E-state index is -0.269. The van der Waals surface area contributed by atoms with Crippen molar-refractivity contribution in [2.24, 2.45) is 5.73 Å². The first-order chi connectivity index (χ1) is 8.49. The summed E-state index contributed by atoms with van der Waals surface area (Å²) < 4.78 is 12.8. The van der Waals surface area contributed by atoms with Crippen LogP contribution in [0, 0.1) is 5.82 Å². The van der Waals surface area contributed by atoms with E-state index in [1.807, 2.05) is 13.8 Å². The number of carbonyl (C=O) groups is 1. The van der Waals surface area contributed by atoms with Gasteiger partial charge in [-0.2, -0.15) is 0 Å². The normalized spacial score (nSPS) is 14.0. The molecule has 0 bridgehead atoms. The highest BCUT2D eigenvalue weighted by molar-refractivity contribution is 5.76. The molecule has 0 fully saturated rings. The van der Waals surface area contributed by atoms with Crippen LogP contribution in [0.1, 0.15) is 44.7 Å². The van der Waals surface area contributed by atoms with E-state index < -0.39 is 0 Å². The summed E-state index contributed by atoms with van der Waals surface area (Å²) in [5, 5.41) is 2.89. The Morgan fingerprint density at radius 2 is 1.94 bits per heavy atom. The lowest BCUT2D eigenvalue weighted by Gasteiger charge is -2.14. The van der Waals surface area contributed by atoms with Crippen LogP contribution in [0.25, 0.3) is 0 Å². The van der Waals surface area contributed by atoms with Crippen LogP contribution >= 0.6 is 0 Å². The predicted molar refractivity (Wildman–Crippen MR) is 70.5 cm³/mol. The molecule has 0 radical (unpaired) electrons. The van der Waals surface area contributed by atoms with E-state index in [1.165, 1.54) is 12.1 Å². The largest absolute Gasteiger partial charge is 0.350 e. The summed E-state index contributed by atoms with van der Waals surface area (Å²) in [6.45, 7) is 3.82. The molecule has 0 aliphatic rings. The fourth-order valence-corrected chi connectivity index (χ4v) is 1.73. The van der Waals surface area contributed by atoms with Crippen molar-refractivity contribution >= 4 is 5.91 Å². The first-order valence-corrected chi connectivity index (χ1v) is 6.29. The fraction of sp³-hybridized carbons (Fsp3) is 0.500. The monoisotopic (exact) mass is 252 g/mol. The Morgan fingerprint density at radius 3 is 2.50 bits per heavy atom. The molecule has 0 heterocycles. The quantitative estimate of drug-likeness (QED) is 0.817. The highest BCUT2D eigenvalue weighted by atomic mass is 19.1. The zero-order chi connectivity index (χ0) is 13.5. The van der Waals surface area contributed by atoms with Crippen molar-refractivity contribution in [2.45, 2.75) is 45.2 Å². The van der Waals surface area contributed by atoms with Crippen molar-refractivity contribution in [3.8, 4) is 0 Å². The van der Waals surface area contributed by atoms with Gasteiger partial charge in [-0.15, -0.1) is 0 Å². The van der Waals surface area contributed by atoms with Crippen molar-refractivity contribution in [3.05, 3.63) is 35.6 Å². The number of nitrogens with one attached hydrogen (secondary N) is 1. The highest BCUT2D eigenvalue weighted by Gasteiger charge is 2.09. The van der Waals surface area contributed by atoms with Crippen molar-refractivity contribution in [1.82, 2.24) is 5.32 Å². The average Bonchev–Trinajstić information content (AvgIpc) is 2.29. The van der Waals surface area contributed by atoms with Gasteiger partial charge in [-0.3, -0.25) is 4.79 Å². The van der Waals surface area contributed by atoms with Crippen LogP contribution in [0.15, 0.2) is 24.3 Å². The smallest absolute Gasteiger partial charge is 0.220 e. The number of benzene rings is 1. The summed E-state index contributed by atoms with van der Waals surface area (Å²) in [4.78, 5) is 11.6. The molecule has 2 atom stereocenters. The molecule has 0 spiro atoms. The van der Waals surface area contributed by atoms with Crippen molar-refractivity contribution < 1.29 is 9.18 Å². The summed E-state index contributed by atoms with van der Waals surface area (Å²) >= 11 is 0. The Labute approximate surface area is 108 Å². The zero-order valence-corrected chi connectivity index (χ0v) is 10.9. The van der Waals surface area contributed by atoms with Crippen LogP contribution in [-0.2, 0) is 4.79 Å². The molecule has 0 aromatic heterocycles. The molecular weight excluding hydrogens is 231 g/mol. The van der Waals surface area contributed by atoms with Crippen LogP contribution in [0.5, 0.6) is 0 Å². The van der Waals surface area contributed by atoms with E-state index in [2.05, 4.69) is 5.32 Å². The maximum absolute atomic E-state index is 12.8. The van der Waals surface area contributed by atoms with Crippen LogP contribution in [0.2, 0.25) is 0 Å². The second-order valence-electron chi connectivity index (χ2n) is 4.71. The molecular formula is C14H21FN2O. The van der Waals surface area contributed by atoms with Crippen LogP contribution in [0.4, 0.5) is 4.39 Å². The average molecular weight is 252 g/mol. The summed E-state index contributed by atoms with van der Waals surface area (Å²) in [7, 11) is 0. The molecule has 100 valence electrons. The third-order valence-corrected chi connectivity index (χ3v) is 2.81. The van der Waals surface area contributed by atoms with Gasteiger partial charge in [0.05, 0.1) is 6.04 Å². The minimum Gasteiger partial charge on any atom is -0.350 e. The Bertz CT molecular complexity index is 376. The summed E-state index contributed by atoms with van der Waals surface area (Å²) in [6, 6.07) is 6.19. The van der Waals surface area contributed by atoms with Gasteiger partial charge in [-0.05, 0) is 44.4 Å². The van der Waals surface area contributed by atoms with Crippen LogP contribution in [-0.4, -0.2) is 11.9 Å². The lowest BCUT2D eigenvalue weighted by Crippen LogP contribution is -2.26. The van der Waals surface area contributed by atoms with Gasteiger partial charge in [-0.1, -0.05) is 12.1 Å². The Hall–Kier alpha value is -1.42. The number of hydrogen-bond acceptors (Lipinski definition) is 2. The van der Waals surface area contributed by atoms with E-state index in [1.54, 1.807) is 12.1 Å². The highest BCUT2D eigenvalue weighted by Crippen LogP contribution is 2.13. The Balaban J connectivity index is 2.37. The third kappa shape index (κ3) is 5.27. The molecule has 1 amide bonds. The van der Waals surface area contributed by atoms with Crippen molar-refractivity contribution in [1.29, 1.82) is 0 Å². The Morgan fingerprint density at radius 1 is 1.33 bits per heavy atom. The van der Waals surface area contributed by atoms with E-state index >= 15 is 0 Å². The molecule has 1 aromatic rings. The van der Waals surface area contributed by atoms with Gasteiger partial charge in [0.1, 0.15) is 5.82 Å². The predicted octanol–water partition coefficient (Wildman–Crippen LogP) is 2.52. The molecule has 1 unspecified atom stereocenters. The zero-order valence-electron chi connectivity index (χ0n) is 10.9. The molecule has 0 aliphatic carbocycles. The van der Waals surface area contributed by atoms with Gasteiger partial charge in [0.2, 0.25) is 5.91 Å². The lowest BCUT2D eigenvalue weighted by atomic mass is 10.1. The molecule has 1 rings (SSSR count). The van der Waals surface area contributed by atoms with E-state index in [0.29, 0.717) is 6.42 Å². The first-order valence-electron chi connectivity index (χ1n) is 6.29. The first kappa shape index (κ1) is 14.6. The van der Waals surface area contributed by atoms with Crippen molar-refractivity contribution in [2.75, 3.05) is 0 Å². The van der Waals surface area contributed by atoms with Gasteiger partial charge in [0.25, 0.3) is 0 Å². The minimum absolute atomic E-state index is 0.00692. The molecule has 1 aromatic carbocycles. The molecule has 18 heavy (non-hydrogen) atoms. The standard InChI is InChI=1S/C14H21FN2O/c1-10(16)4-3-5-14(18)17-11(2)12-6-8-13(15)9-7-12/h6-11H,3-5,16H2,1-2H3,(H,17,18)/t10?,11-/m0/s1. The molecule has 0 aliphatic heterocycles. The summed E-state index contributed by atoms with van der Waals surface area (Å²) in [6.07, 6.45) is 2.12. The maximum atomic E-state index is 12.8.